The van der Waals surface area contributed by atoms with Gasteiger partial charge >= 0.3 is 0 Å². The van der Waals surface area contributed by atoms with Crippen molar-refractivity contribution < 1.29 is 8.78 Å². The largest absolute Gasteiger partial charge is 0.270 e. The molecule has 0 aromatic heterocycles. The van der Waals surface area contributed by atoms with Gasteiger partial charge in [0.1, 0.15) is 0 Å². The predicted molar refractivity (Wildman–Crippen MR) is 47.0 cm³/mol. The Labute approximate surface area is 75.8 Å². The molecule has 68 valence electrons. The average molecular weight is 181 g/mol. The molecule has 13 heavy (non-hydrogen) atoms. The SMILES string of the molecule is [C-]#[N+]c1ccc(C(C)(F)F)c(C)c1. The molecule has 0 amide bonds. The molecule has 0 heterocycles. The van der Waals surface area contributed by atoms with Gasteiger partial charge in [-0.05, 0) is 6.92 Å². The molecule has 0 aliphatic carbocycles. The standard InChI is InChI=1S/C10H9F2N/c1-7-6-8(13-3)4-5-9(7)10(2,11)12/h4-6H,1-2H3. The fourth-order valence-corrected chi connectivity index (χ4v) is 1.21. The van der Waals surface area contributed by atoms with Gasteiger partial charge in [-0.15, -0.1) is 0 Å². The molecule has 0 aliphatic heterocycles. The fraction of sp³-hybridized carbons (Fsp3) is 0.300. The first-order valence-corrected chi connectivity index (χ1v) is 3.81. The number of alkyl halides is 2. The Kier molecular flexibility index (Phi) is 2.33. The van der Waals surface area contributed by atoms with Crippen molar-refractivity contribution in [2.24, 2.45) is 0 Å². The zero-order valence-corrected chi connectivity index (χ0v) is 7.44. The van der Waals surface area contributed by atoms with Crippen molar-refractivity contribution in [2.45, 2.75) is 19.8 Å². The van der Waals surface area contributed by atoms with Gasteiger partial charge in [-0.3, -0.25) is 0 Å². The van der Waals surface area contributed by atoms with Gasteiger partial charge < -0.3 is 0 Å². The molecule has 1 aromatic carbocycles. The lowest BCUT2D eigenvalue weighted by molar-refractivity contribution is 0.0168. The molecule has 0 fully saturated rings. The summed E-state index contributed by atoms with van der Waals surface area (Å²) < 4.78 is 25.7. The molecule has 0 unspecified atom stereocenters. The highest BCUT2D eigenvalue weighted by molar-refractivity contribution is 5.49. The first-order valence-electron chi connectivity index (χ1n) is 3.81. The monoisotopic (exact) mass is 181 g/mol. The van der Waals surface area contributed by atoms with E-state index in [0.717, 1.165) is 6.92 Å². The van der Waals surface area contributed by atoms with E-state index in [1.807, 2.05) is 0 Å². The Morgan fingerprint density at radius 2 is 2.00 bits per heavy atom. The maximum Gasteiger partial charge on any atom is 0.270 e. The summed E-state index contributed by atoms with van der Waals surface area (Å²) in [6.07, 6.45) is 0. The molecule has 1 aromatic rings. The summed E-state index contributed by atoms with van der Waals surface area (Å²) in [4.78, 5) is 3.16. The number of aryl methyl sites for hydroxylation is 1. The lowest BCUT2D eigenvalue weighted by Gasteiger charge is -2.13. The van der Waals surface area contributed by atoms with Gasteiger partial charge in [-0.2, -0.15) is 0 Å². The Morgan fingerprint density at radius 3 is 2.38 bits per heavy atom. The van der Waals surface area contributed by atoms with E-state index in [4.69, 9.17) is 6.57 Å². The third-order valence-corrected chi connectivity index (χ3v) is 1.81. The van der Waals surface area contributed by atoms with Crippen LogP contribution in [0.2, 0.25) is 0 Å². The Balaban J connectivity index is 3.23. The van der Waals surface area contributed by atoms with E-state index in [1.54, 1.807) is 6.92 Å². The van der Waals surface area contributed by atoms with Crippen LogP contribution in [0.1, 0.15) is 18.1 Å². The van der Waals surface area contributed by atoms with Gasteiger partial charge in [0, 0.05) is 12.5 Å². The third-order valence-electron chi connectivity index (χ3n) is 1.81. The van der Waals surface area contributed by atoms with E-state index in [-0.39, 0.29) is 5.56 Å². The number of benzene rings is 1. The van der Waals surface area contributed by atoms with Crippen molar-refractivity contribution in [3.05, 3.63) is 40.7 Å². The molecule has 0 saturated heterocycles. The average Bonchev–Trinajstić information content (AvgIpc) is 2.01. The van der Waals surface area contributed by atoms with Gasteiger partial charge in [0.2, 0.25) is 0 Å². The summed E-state index contributed by atoms with van der Waals surface area (Å²) in [5.41, 5.74) is 0.839. The number of rotatable bonds is 1. The van der Waals surface area contributed by atoms with E-state index < -0.39 is 5.92 Å². The zero-order valence-electron chi connectivity index (χ0n) is 7.44. The van der Waals surface area contributed by atoms with Crippen molar-refractivity contribution in [2.75, 3.05) is 0 Å². The minimum Gasteiger partial charge on any atom is -0.238 e. The quantitative estimate of drug-likeness (QED) is 0.582. The minimum atomic E-state index is -2.83. The Bertz CT molecular complexity index is 358. The summed E-state index contributed by atoms with van der Waals surface area (Å²) in [5.74, 6) is -2.83. The molecule has 0 bridgehead atoms. The first kappa shape index (κ1) is 9.66. The molecule has 0 spiro atoms. The Morgan fingerprint density at radius 1 is 1.38 bits per heavy atom. The van der Waals surface area contributed by atoms with Crippen molar-refractivity contribution in [1.29, 1.82) is 0 Å². The second kappa shape index (κ2) is 3.14. The lowest BCUT2D eigenvalue weighted by atomic mass is 10.0. The van der Waals surface area contributed by atoms with E-state index in [0.29, 0.717) is 11.3 Å². The summed E-state index contributed by atoms with van der Waals surface area (Å²) in [5, 5.41) is 0. The van der Waals surface area contributed by atoms with Crippen LogP contribution in [0, 0.1) is 13.5 Å². The highest BCUT2D eigenvalue weighted by atomic mass is 19.3. The van der Waals surface area contributed by atoms with Gasteiger partial charge in [0.05, 0.1) is 6.57 Å². The van der Waals surface area contributed by atoms with Crippen LogP contribution in [-0.2, 0) is 5.92 Å². The first-order chi connectivity index (χ1) is 5.95. The number of hydrogen-bond donors (Lipinski definition) is 0. The van der Waals surface area contributed by atoms with Crippen LogP contribution < -0.4 is 0 Å². The topological polar surface area (TPSA) is 4.36 Å². The van der Waals surface area contributed by atoms with E-state index >= 15 is 0 Å². The van der Waals surface area contributed by atoms with Gasteiger partial charge in [-0.1, -0.05) is 23.8 Å². The molecule has 0 atom stereocenters. The van der Waals surface area contributed by atoms with Crippen molar-refractivity contribution in [1.82, 2.24) is 0 Å². The number of nitrogens with zero attached hydrogens (tertiary/aromatic N) is 1. The highest BCUT2D eigenvalue weighted by Gasteiger charge is 2.25. The molecule has 1 nitrogen and oxygen atoms in total. The fourth-order valence-electron chi connectivity index (χ4n) is 1.21. The molecule has 0 N–H and O–H groups in total. The van der Waals surface area contributed by atoms with Gasteiger partial charge in [-0.25, -0.2) is 13.6 Å². The van der Waals surface area contributed by atoms with Crippen LogP contribution in [0.3, 0.4) is 0 Å². The molecular weight excluding hydrogens is 172 g/mol. The van der Waals surface area contributed by atoms with Crippen LogP contribution in [-0.4, -0.2) is 0 Å². The summed E-state index contributed by atoms with van der Waals surface area (Å²) in [6.45, 7) is 9.14. The van der Waals surface area contributed by atoms with Crippen LogP contribution in [0.4, 0.5) is 14.5 Å². The Hall–Kier alpha value is -1.43. The van der Waals surface area contributed by atoms with Crippen LogP contribution in [0.15, 0.2) is 18.2 Å². The highest BCUT2D eigenvalue weighted by Crippen LogP contribution is 2.31. The summed E-state index contributed by atoms with van der Waals surface area (Å²) in [7, 11) is 0. The maximum atomic E-state index is 12.9. The molecule has 0 radical (unpaired) electrons. The van der Waals surface area contributed by atoms with E-state index in [2.05, 4.69) is 4.85 Å². The van der Waals surface area contributed by atoms with Gasteiger partial charge in [0.15, 0.2) is 5.69 Å². The minimum absolute atomic E-state index is 0.0140. The molecule has 1 rings (SSSR count). The second-order valence-corrected chi connectivity index (χ2v) is 3.00. The third kappa shape index (κ3) is 2.03. The number of halogens is 2. The van der Waals surface area contributed by atoms with E-state index in [1.165, 1.54) is 18.2 Å². The second-order valence-electron chi connectivity index (χ2n) is 3.00. The molecule has 0 aliphatic rings. The lowest BCUT2D eigenvalue weighted by Crippen LogP contribution is -2.08. The van der Waals surface area contributed by atoms with Gasteiger partial charge in [0.25, 0.3) is 5.92 Å². The predicted octanol–water partition coefficient (Wildman–Crippen LogP) is 3.66. The summed E-state index contributed by atoms with van der Waals surface area (Å²) >= 11 is 0. The molecule has 3 heteroatoms. The number of hydrogen-bond acceptors (Lipinski definition) is 0. The zero-order chi connectivity index (χ0) is 10.1. The van der Waals surface area contributed by atoms with Crippen LogP contribution in [0.25, 0.3) is 4.85 Å². The van der Waals surface area contributed by atoms with Crippen molar-refractivity contribution in [3.8, 4) is 0 Å². The van der Waals surface area contributed by atoms with E-state index in [9.17, 15) is 8.78 Å². The molecular formula is C10H9F2N. The normalized spacial score (nSPS) is 11.0. The summed E-state index contributed by atoms with van der Waals surface area (Å²) in [6, 6.07) is 4.19. The molecule has 0 saturated carbocycles. The van der Waals surface area contributed by atoms with Crippen molar-refractivity contribution >= 4 is 5.69 Å². The van der Waals surface area contributed by atoms with Crippen LogP contribution >= 0.6 is 0 Å². The van der Waals surface area contributed by atoms with Crippen LogP contribution in [0.5, 0.6) is 0 Å². The van der Waals surface area contributed by atoms with Crippen molar-refractivity contribution in [3.63, 3.8) is 0 Å². The smallest absolute Gasteiger partial charge is 0.238 e. The maximum absolute atomic E-state index is 12.9.